The van der Waals surface area contributed by atoms with Crippen molar-refractivity contribution in [3.8, 4) is 0 Å². The molecule has 0 saturated carbocycles. The minimum Gasteiger partial charge on any atom is -0.392 e. The predicted molar refractivity (Wildman–Crippen MR) is 84.4 cm³/mol. The molecule has 0 aliphatic carbocycles. The van der Waals surface area contributed by atoms with Crippen molar-refractivity contribution in [1.82, 2.24) is 0 Å². The summed E-state index contributed by atoms with van der Waals surface area (Å²) in [7, 11) is 0. The highest BCUT2D eigenvalue weighted by Crippen LogP contribution is 2.11. The molecule has 0 fully saturated rings. The lowest BCUT2D eigenvalue weighted by atomic mass is 10.1. The molecule has 0 aliphatic heterocycles. The average molecular weight is 446 g/mol. The first-order valence-electron chi connectivity index (χ1n) is 4.58. The molecule has 0 unspecified atom stereocenters. The normalized spacial score (nSPS) is 10.6. The summed E-state index contributed by atoms with van der Waals surface area (Å²) in [5.41, 5.74) is 1.46. The van der Waals surface area contributed by atoms with Crippen LogP contribution in [-0.4, -0.2) is 11.7 Å². The van der Waals surface area contributed by atoms with Crippen LogP contribution in [0.5, 0.6) is 0 Å². The molecule has 88 valence electrons. The Bertz CT molecular complexity index is 362. The minimum atomic E-state index is -0.223. The fourth-order valence-corrected chi connectivity index (χ4v) is 1.07. The van der Waals surface area contributed by atoms with E-state index in [0.29, 0.717) is 5.56 Å². The van der Waals surface area contributed by atoms with E-state index in [2.05, 4.69) is 37.2 Å². The molecular formula is C12H13FI2O. The monoisotopic (exact) mass is 446 g/mol. The van der Waals surface area contributed by atoms with Gasteiger partial charge < -0.3 is 5.11 Å². The number of benzene rings is 1. The Labute approximate surface area is 119 Å². The van der Waals surface area contributed by atoms with Crippen molar-refractivity contribution in [2.75, 3.05) is 6.61 Å². The van der Waals surface area contributed by atoms with Crippen molar-refractivity contribution in [3.05, 3.63) is 53.4 Å². The van der Waals surface area contributed by atoms with Gasteiger partial charge >= 0.3 is 0 Å². The molecule has 0 heterocycles. The van der Waals surface area contributed by atoms with Crippen LogP contribution in [0.2, 0.25) is 0 Å². The van der Waals surface area contributed by atoms with Crippen LogP contribution in [0.25, 0.3) is 6.08 Å². The molecule has 1 aromatic rings. The zero-order chi connectivity index (χ0) is 12.4. The summed E-state index contributed by atoms with van der Waals surface area (Å²) in [6.07, 6.45) is 6.63. The Kier molecular flexibility index (Phi) is 10.3. The van der Waals surface area contributed by atoms with Crippen LogP contribution in [-0.2, 0) is 0 Å². The SMILES string of the molecule is Cc1ccc(/C=C/C=C/CO)c(F)c1.II. The van der Waals surface area contributed by atoms with Crippen molar-refractivity contribution >= 4 is 43.3 Å². The summed E-state index contributed by atoms with van der Waals surface area (Å²) >= 11 is 4.24. The summed E-state index contributed by atoms with van der Waals surface area (Å²) in [5.74, 6) is -0.223. The number of hydrogen-bond acceptors (Lipinski definition) is 1. The van der Waals surface area contributed by atoms with Crippen LogP contribution in [0.4, 0.5) is 4.39 Å². The number of rotatable bonds is 3. The van der Waals surface area contributed by atoms with Crippen LogP contribution in [0.15, 0.2) is 36.4 Å². The van der Waals surface area contributed by atoms with E-state index in [1.165, 1.54) is 6.07 Å². The first kappa shape index (κ1) is 16.1. The van der Waals surface area contributed by atoms with Crippen molar-refractivity contribution in [3.63, 3.8) is 0 Å². The molecule has 0 spiro atoms. The van der Waals surface area contributed by atoms with Gasteiger partial charge in [0.25, 0.3) is 0 Å². The molecule has 4 heteroatoms. The quantitative estimate of drug-likeness (QED) is 0.537. The van der Waals surface area contributed by atoms with Gasteiger partial charge in [-0.2, -0.15) is 0 Å². The number of hydrogen-bond donors (Lipinski definition) is 1. The van der Waals surface area contributed by atoms with Gasteiger partial charge in [-0.05, 0) is 18.6 Å². The van der Waals surface area contributed by atoms with Gasteiger partial charge in [0.15, 0.2) is 0 Å². The minimum absolute atomic E-state index is 0.000714. The van der Waals surface area contributed by atoms with Crippen LogP contribution >= 0.6 is 37.2 Å². The lowest BCUT2D eigenvalue weighted by Gasteiger charge is -1.97. The van der Waals surface area contributed by atoms with E-state index in [-0.39, 0.29) is 12.4 Å². The molecule has 0 radical (unpaired) electrons. The molecule has 1 aromatic carbocycles. The summed E-state index contributed by atoms with van der Waals surface area (Å²) < 4.78 is 13.2. The second kappa shape index (κ2) is 10.2. The van der Waals surface area contributed by atoms with Gasteiger partial charge in [0.1, 0.15) is 5.82 Å². The number of aryl methyl sites for hydroxylation is 1. The molecule has 0 aliphatic rings. The van der Waals surface area contributed by atoms with Gasteiger partial charge in [-0.3, -0.25) is 0 Å². The fraction of sp³-hybridized carbons (Fsp3) is 0.167. The zero-order valence-corrected chi connectivity index (χ0v) is 13.1. The summed E-state index contributed by atoms with van der Waals surface area (Å²) in [6, 6.07) is 5.09. The van der Waals surface area contributed by atoms with Crippen molar-refractivity contribution in [1.29, 1.82) is 0 Å². The van der Waals surface area contributed by atoms with Gasteiger partial charge in [0, 0.05) is 42.8 Å². The molecular weight excluding hydrogens is 433 g/mol. The standard InChI is InChI=1S/C12H13FO.I2/c1-10-6-7-11(12(13)9-10)5-3-2-4-8-14;1-2/h2-7,9,14H,8H2,1H3;/b4-2+,5-3+;. The molecule has 0 bridgehead atoms. The first-order chi connectivity index (χ1) is 7.74. The molecule has 1 nitrogen and oxygen atoms in total. The van der Waals surface area contributed by atoms with Gasteiger partial charge in [-0.1, -0.05) is 36.4 Å². The number of aliphatic hydroxyl groups excluding tert-OH is 1. The Morgan fingerprint density at radius 3 is 2.56 bits per heavy atom. The lowest BCUT2D eigenvalue weighted by molar-refractivity contribution is 0.343. The number of aliphatic hydroxyl groups is 1. The Balaban J connectivity index is 0.00000106. The first-order valence-corrected chi connectivity index (χ1v) is 10.9. The van der Waals surface area contributed by atoms with Gasteiger partial charge in [0.2, 0.25) is 0 Å². The Morgan fingerprint density at radius 2 is 2.00 bits per heavy atom. The molecule has 0 saturated heterocycles. The Hall–Kier alpha value is 0.0500. The van der Waals surface area contributed by atoms with Gasteiger partial charge in [-0.25, -0.2) is 4.39 Å². The maximum Gasteiger partial charge on any atom is 0.130 e. The summed E-state index contributed by atoms with van der Waals surface area (Å²) in [5, 5.41) is 8.46. The van der Waals surface area contributed by atoms with E-state index in [0.717, 1.165) is 5.56 Å². The van der Waals surface area contributed by atoms with Crippen molar-refractivity contribution in [2.24, 2.45) is 0 Å². The maximum atomic E-state index is 13.2. The molecule has 0 amide bonds. The highest BCUT2D eigenvalue weighted by molar-refractivity contribution is 15.0. The van der Waals surface area contributed by atoms with E-state index in [1.807, 2.05) is 13.0 Å². The maximum absolute atomic E-state index is 13.2. The second-order valence-corrected chi connectivity index (χ2v) is 2.99. The van der Waals surface area contributed by atoms with E-state index in [4.69, 9.17) is 5.11 Å². The van der Waals surface area contributed by atoms with Gasteiger partial charge in [0.05, 0.1) is 6.61 Å². The van der Waals surface area contributed by atoms with Crippen LogP contribution < -0.4 is 0 Å². The number of halogens is 3. The van der Waals surface area contributed by atoms with E-state index in [9.17, 15) is 4.39 Å². The zero-order valence-electron chi connectivity index (χ0n) is 8.83. The number of allylic oxidation sites excluding steroid dienone is 2. The smallest absolute Gasteiger partial charge is 0.130 e. The molecule has 0 aromatic heterocycles. The van der Waals surface area contributed by atoms with E-state index in [1.54, 1.807) is 30.4 Å². The van der Waals surface area contributed by atoms with Crippen LogP contribution in [0, 0.1) is 12.7 Å². The average Bonchev–Trinajstić information content (AvgIpc) is 2.29. The third kappa shape index (κ3) is 6.59. The largest absolute Gasteiger partial charge is 0.392 e. The topological polar surface area (TPSA) is 20.2 Å². The highest BCUT2D eigenvalue weighted by atomic mass is 128. The van der Waals surface area contributed by atoms with Crippen LogP contribution in [0.1, 0.15) is 11.1 Å². The molecule has 1 rings (SSSR count). The van der Waals surface area contributed by atoms with Gasteiger partial charge in [-0.15, -0.1) is 0 Å². The van der Waals surface area contributed by atoms with E-state index < -0.39 is 0 Å². The molecule has 0 atom stereocenters. The fourth-order valence-electron chi connectivity index (χ4n) is 1.07. The molecule has 1 N–H and O–H groups in total. The summed E-state index contributed by atoms with van der Waals surface area (Å²) in [6.45, 7) is 1.85. The predicted octanol–water partition coefficient (Wildman–Crippen LogP) is 4.47. The van der Waals surface area contributed by atoms with Crippen LogP contribution in [0.3, 0.4) is 0 Å². The summed E-state index contributed by atoms with van der Waals surface area (Å²) in [4.78, 5) is 0. The Morgan fingerprint density at radius 1 is 1.31 bits per heavy atom. The van der Waals surface area contributed by atoms with E-state index >= 15 is 0 Å². The third-order valence-corrected chi connectivity index (χ3v) is 1.78. The van der Waals surface area contributed by atoms with Crippen molar-refractivity contribution < 1.29 is 9.50 Å². The third-order valence-electron chi connectivity index (χ3n) is 1.78. The lowest BCUT2D eigenvalue weighted by Crippen LogP contribution is -1.82. The molecule has 16 heavy (non-hydrogen) atoms. The highest BCUT2D eigenvalue weighted by Gasteiger charge is 1.96. The van der Waals surface area contributed by atoms with Crippen molar-refractivity contribution in [2.45, 2.75) is 6.92 Å². The second-order valence-electron chi connectivity index (χ2n) is 2.99.